The molecule has 72 valence electrons. The Kier molecular flexibility index (Phi) is 3.65. The Morgan fingerprint density at radius 1 is 1.64 bits per heavy atom. The number of carbonyl (C=O) groups excluding carboxylic acids is 1. The lowest BCUT2D eigenvalue weighted by Gasteiger charge is -2.00. The Balaban J connectivity index is 2.91. The van der Waals surface area contributed by atoms with Crippen LogP contribution in [0.2, 0.25) is 0 Å². The van der Waals surface area contributed by atoms with Crippen molar-refractivity contribution in [3.8, 4) is 11.8 Å². The molecule has 0 amide bonds. The largest absolute Gasteiger partial charge is 0.392 e. The third kappa shape index (κ3) is 2.57. The van der Waals surface area contributed by atoms with Gasteiger partial charge >= 0.3 is 0 Å². The van der Waals surface area contributed by atoms with Gasteiger partial charge in [0, 0.05) is 17.3 Å². The van der Waals surface area contributed by atoms with E-state index in [9.17, 15) is 4.79 Å². The van der Waals surface area contributed by atoms with Crippen molar-refractivity contribution in [1.29, 1.82) is 0 Å². The summed E-state index contributed by atoms with van der Waals surface area (Å²) >= 11 is 0. The number of aliphatic hydroxyl groups is 1. The minimum absolute atomic E-state index is 0.165. The van der Waals surface area contributed by atoms with Gasteiger partial charge in [0.2, 0.25) is 0 Å². The lowest BCUT2D eigenvalue weighted by molar-refractivity contribution is -0.107. The summed E-state index contributed by atoms with van der Waals surface area (Å²) in [6, 6.07) is 1.65. The number of hydrogen-bond donors (Lipinski definition) is 2. The molecule has 1 rings (SSSR count). The molecule has 0 bridgehead atoms. The molecule has 0 aromatic carbocycles. The fourth-order valence-electron chi connectivity index (χ4n) is 0.911. The van der Waals surface area contributed by atoms with Crippen molar-refractivity contribution >= 4 is 12.1 Å². The van der Waals surface area contributed by atoms with Crippen LogP contribution in [-0.2, 0) is 11.4 Å². The number of nitrogens with zero attached hydrogens (tertiary/aromatic N) is 1. The summed E-state index contributed by atoms with van der Waals surface area (Å²) < 4.78 is 0. The molecule has 0 saturated carbocycles. The van der Waals surface area contributed by atoms with E-state index in [1.807, 2.05) is 0 Å². The van der Waals surface area contributed by atoms with Crippen LogP contribution in [0.1, 0.15) is 17.5 Å². The van der Waals surface area contributed by atoms with Gasteiger partial charge in [0.25, 0.3) is 0 Å². The second-order valence-corrected chi connectivity index (χ2v) is 2.60. The van der Waals surface area contributed by atoms with Gasteiger partial charge in [-0.05, 0) is 6.07 Å². The molecule has 0 saturated heterocycles. The molecule has 0 aliphatic heterocycles. The second kappa shape index (κ2) is 5.00. The summed E-state index contributed by atoms with van der Waals surface area (Å²) in [6.07, 6.45) is 2.43. The zero-order valence-electron chi connectivity index (χ0n) is 7.53. The number of rotatable bonds is 2. The Labute approximate surface area is 81.8 Å². The van der Waals surface area contributed by atoms with Crippen molar-refractivity contribution in [3.63, 3.8) is 0 Å². The fraction of sp³-hybridized carbons (Fsp3) is 0.200. The fourth-order valence-corrected chi connectivity index (χ4v) is 0.911. The number of nitrogen functional groups attached to an aromatic ring is 1. The van der Waals surface area contributed by atoms with Gasteiger partial charge in [0.15, 0.2) is 0 Å². The monoisotopic (exact) mass is 190 g/mol. The van der Waals surface area contributed by atoms with Gasteiger partial charge in [-0.3, -0.25) is 0 Å². The maximum atomic E-state index is 9.99. The van der Waals surface area contributed by atoms with E-state index in [2.05, 4.69) is 16.8 Å². The van der Waals surface area contributed by atoms with E-state index in [0.29, 0.717) is 16.9 Å². The SMILES string of the molecule is Nc1ncc(C#CCC=O)cc1CO. The molecule has 1 heterocycles. The molecule has 0 aliphatic carbocycles. The van der Waals surface area contributed by atoms with Gasteiger partial charge in [-0.1, -0.05) is 11.8 Å². The quantitative estimate of drug-likeness (QED) is 0.512. The molecule has 4 heteroatoms. The molecule has 0 aliphatic rings. The highest BCUT2D eigenvalue weighted by Crippen LogP contribution is 2.09. The number of aliphatic hydroxyl groups excluding tert-OH is 1. The van der Waals surface area contributed by atoms with E-state index in [1.165, 1.54) is 6.20 Å². The van der Waals surface area contributed by atoms with Gasteiger partial charge in [-0.15, -0.1) is 0 Å². The number of carbonyl (C=O) groups is 1. The Bertz CT molecular complexity index is 391. The van der Waals surface area contributed by atoms with Crippen molar-refractivity contribution in [2.75, 3.05) is 5.73 Å². The van der Waals surface area contributed by atoms with E-state index < -0.39 is 0 Å². The first-order chi connectivity index (χ1) is 6.77. The summed E-state index contributed by atoms with van der Waals surface area (Å²) in [7, 11) is 0. The Morgan fingerprint density at radius 2 is 2.43 bits per heavy atom. The topological polar surface area (TPSA) is 76.2 Å². The minimum Gasteiger partial charge on any atom is -0.392 e. The molecule has 1 aromatic heterocycles. The highest BCUT2D eigenvalue weighted by Gasteiger charge is 1.98. The normalized spacial score (nSPS) is 8.93. The molecule has 4 nitrogen and oxygen atoms in total. The lowest BCUT2D eigenvalue weighted by Crippen LogP contribution is -1.98. The first-order valence-corrected chi connectivity index (χ1v) is 4.05. The predicted octanol–water partition coefficient (Wildman–Crippen LogP) is 0.0966. The van der Waals surface area contributed by atoms with Crippen molar-refractivity contribution in [2.45, 2.75) is 13.0 Å². The third-order valence-corrected chi connectivity index (χ3v) is 1.59. The third-order valence-electron chi connectivity index (χ3n) is 1.59. The maximum absolute atomic E-state index is 9.99. The van der Waals surface area contributed by atoms with E-state index >= 15 is 0 Å². The van der Waals surface area contributed by atoms with Crippen molar-refractivity contribution < 1.29 is 9.90 Å². The van der Waals surface area contributed by atoms with E-state index in [-0.39, 0.29) is 13.0 Å². The van der Waals surface area contributed by atoms with Crippen molar-refractivity contribution in [1.82, 2.24) is 4.98 Å². The second-order valence-electron chi connectivity index (χ2n) is 2.60. The zero-order chi connectivity index (χ0) is 10.4. The van der Waals surface area contributed by atoms with Gasteiger partial charge in [0.1, 0.15) is 12.1 Å². The molecular weight excluding hydrogens is 180 g/mol. The van der Waals surface area contributed by atoms with Gasteiger partial charge in [-0.25, -0.2) is 4.98 Å². The van der Waals surface area contributed by atoms with Crippen LogP contribution in [0, 0.1) is 11.8 Å². The summed E-state index contributed by atoms with van der Waals surface area (Å²) in [4.78, 5) is 13.8. The lowest BCUT2D eigenvalue weighted by atomic mass is 10.2. The van der Waals surface area contributed by atoms with Crippen LogP contribution in [0.15, 0.2) is 12.3 Å². The van der Waals surface area contributed by atoms with Crippen LogP contribution in [0.4, 0.5) is 5.82 Å². The smallest absolute Gasteiger partial charge is 0.131 e. The number of pyridine rings is 1. The standard InChI is InChI=1S/C10H10N2O2/c11-10-9(7-14)5-8(6-12-10)3-1-2-4-13/h4-6,14H,2,7H2,(H2,11,12). The number of aldehydes is 1. The molecule has 0 unspecified atom stereocenters. The van der Waals surface area contributed by atoms with E-state index in [0.717, 1.165) is 6.29 Å². The maximum Gasteiger partial charge on any atom is 0.131 e. The molecule has 3 N–H and O–H groups in total. The molecule has 0 spiro atoms. The van der Waals surface area contributed by atoms with Crippen molar-refractivity contribution in [2.24, 2.45) is 0 Å². The van der Waals surface area contributed by atoms with E-state index in [1.54, 1.807) is 6.07 Å². The average Bonchev–Trinajstić information content (AvgIpc) is 2.21. The Morgan fingerprint density at radius 3 is 3.07 bits per heavy atom. The van der Waals surface area contributed by atoms with Gasteiger partial charge in [0.05, 0.1) is 13.0 Å². The highest BCUT2D eigenvalue weighted by atomic mass is 16.3. The first-order valence-electron chi connectivity index (χ1n) is 4.05. The number of hydrogen-bond acceptors (Lipinski definition) is 4. The highest BCUT2D eigenvalue weighted by molar-refractivity contribution is 5.55. The van der Waals surface area contributed by atoms with Crippen LogP contribution < -0.4 is 5.73 Å². The summed E-state index contributed by atoms with van der Waals surface area (Å²) in [5.74, 6) is 5.68. The van der Waals surface area contributed by atoms with Crippen LogP contribution in [0.25, 0.3) is 0 Å². The number of anilines is 1. The van der Waals surface area contributed by atoms with Crippen molar-refractivity contribution in [3.05, 3.63) is 23.4 Å². The van der Waals surface area contributed by atoms with Gasteiger partial charge in [-0.2, -0.15) is 0 Å². The predicted molar refractivity (Wildman–Crippen MR) is 52.1 cm³/mol. The summed E-state index contributed by atoms with van der Waals surface area (Å²) in [5, 5.41) is 8.89. The molecule has 0 atom stereocenters. The zero-order valence-corrected chi connectivity index (χ0v) is 7.53. The van der Waals surface area contributed by atoms with E-state index in [4.69, 9.17) is 10.8 Å². The van der Waals surface area contributed by atoms with Crippen LogP contribution in [0.3, 0.4) is 0 Å². The summed E-state index contributed by atoms with van der Waals surface area (Å²) in [6.45, 7) is -0.165. The molecule has 0 fully saturated rings. The van der Waals surface area contributed by atoms with Crippen LogP contribution in [-0.4, -0.2) is 16.4 Å². The van der Waals surface area contributed by atoms with Gasteiger partial charge < -0.3 is 15.6 Å². The average molecular weight is 190 g/mol. The number of aromatic nitrogens is 1. The first kappa shape index (κ1) is 10.2. The summed E-state index contributed by atoms with van der Waals surface area (Å²) in [5.41, 5.74) is 6.67. The van der Waals surface area contributed by atoms with Crippen LogP contribution >= 0.6 is 0 Å². The molecule has 1 aromatic rings. The number of nitrogens with two attached hydrogens (primary N) is 1. The minimum atomic E-state index is -0.165. The molecule has 14 heavy (non-hydrogen) atoms. The Hall–Kier alpha value is -1.86. The van der Waals surface area contributed by atoms with Crippen LogP contribution in [0.5, 0.6) is 0 Å². The molecule has 0 radical (unpaired) electrons. The molecular formula is C10H10N2O2.